The number of methoxy groups -OCH3 is 2. The zero-order valence-electron chi connectivity index (χ0n) is 19.2. The van der Waals surface area contributed by atoms with Crippen molar-refractivity contribution in [2.45, 2.75) is 11.3 Å². The van der Waals surface area contributed by atoms with Gasteiger partial charge in [-0.05, 0) is 48.5 Å². The molecule has 3 aromatic carbocycles. The Morgan fingerprint density at radius 2 is 1.69 bits per heavy atom. The smallest absolute Gasteiger partial charge is 0.416 e. The third-order valence-corrected chi connectivity index (χ3v) is 6.02. The Hall–Kier alpha value is -3.99. The van der Waals surface area contributed by atoms with Gasteiger partial charge in [0.1, 0.15) is 0 Å². The number of hydrogen-bond donors (Lipinski definition) is 1. The maximum atomic E-state index is 13.0. The minimum absolute atomic E-state index is 0.0611. The summed E-state index contributed by atoms with van der Waals surface area (Å²) in [5.74, 6) is 1.03. The molecule has 7 nitrogen and oxygen atoms in total. The topological polar surface area (TPSA) is 78.3 Å². The molecule has 4 aromatic rings. The quantitative estimate of drug-likeness (QED) is 0.304. The second kappa shape index (κ2) is 10.7. The van der Waals surface area contributed by atoms with E-state index in [9.17, 15) is 18.0 Å². The zero-order chi connectivity index (χ0) is 25.7. The molecule has 0 unspecified atom stereocenters. The highest BCUT2D eigenvalue weighted by Gasteiger charge is 2.30. The van der Waals surface area contributed by atoms with Gasteiger partial charge < -0.3 is 14.8 Å². The highest BCUT2D eigenvalue weighted by molar-refractivity contribution is 7.99. The highest BCUT2D eigenvalue weighted by atomic mass is 32.2. The van der Waals surface area contributed by atoms with E-state index >= 15 is 0 Å². The monoisotopic (exact) mass is 514 g/mol. The number of nitrogens with one attached hydrogen (secondary N) is 1. The SMILES string of the molecule is COc1ccc(-c2nnc(SCC(=O)Nc3cccc(C(F)(F)F)c3)n2-c2ccccc2)cc1OC. The maximum absolute atomic E-state index is 13.0. The van der Waals surface area contributed by atoms with Gasteiger partial charge in [-0.1, -0.05) is 36.0 Å². The van der Waals surface area contributed by atoms with Crippen LogP contribution in [-0.2, 0) is 11.0 Å². The summed E-state index contributed by atoms with van der Waals surface area (Å²) in [5.41, 5.74) is 0.708. The van der Waals surface area contributed by atoms with E-state index < -0.39 is 17.6 Å². The molecule has 11 heteroatoms. The van der Waals surface area contributed by atoms with Crippen molar-refractivity contribution in [1.29, 1.82) is 0 Å². The highest BCUT2D eigenvalue weighted by Crippen LogP contribution is 2.34. The van der Waals surface area contributed by atoms with Gasteiger partial charge in [0.25, 0.3) is 0 Å². The molecule has 0 radical (unpaired) electrons. The summed E-state index contributed by atoms with van der Waals surface area (Å²) in [5, 5.41) is 11.5. The molecule has 0 aliphatic carbocycles. The second-order valence-electron chi connectivity index (χ2n) is 7.46. The van der Waals surface area contributed by atoms with Crippen molar-refractivity contribution in [2.75, 3.05) is 25.3 Å². The molecule has 186 valence electrons. The van der Waals surface area contributed by atoms with Crippen LogP contribution in [0.25, 0.3) is 17.1 Å². The van der Waals surface area contributed by atoms with Crippen LogP contribution in [-0.4, -0.2) is 40.6 Å². The molecule has 0 aliphatic rings. The molecule has 36 heavy (non-hydrogen) atoms. The lowest BCUT2D eigenvalue weighted by atomic mass is 10.2. The third-order valence-electron chi connectivity index (χ3n) is 5.10. The van der Waals surface area contributed by atoms with Gasteiger partial charge in [0, 0.05) is 16.9 Å². The van der Waals surface area contributed by atoms with Gasteiger partial charge in [0.2, 0.25) is 5.91 Å². The van der Waals surface area contributed by atoms with Crippen LogP contribution in [0.1, 0.15) is 5.56 Å². The first-order valence-electron chi connectivity index (χ1n) is 10.6. The van der Waals surface area contributed by atoms with Crippen molar-refractivity contribution in [2.24, 2.45) is 0 Å². The van der Waals surface area contributed by atoms with Crippen molar-refractivity contribution in [3.8, 4) is 28.6 Å². The molecule has 0 bridgehead atoms. The number of rotatable bonds is 8. The molecule has 1 heterocycles. The van der Waals surface area contributed by atoms with E-state index in [1.54, 1.807) is 23.8 Å². The number of halogens is 3. The van der Waals surface area contributed by atoms with E-state index in [2.05, 4.69) is 15.5 Å². The number of carbonyl (C=O) groups is 1. The lowest BCUT2D eigenvalue weighted by Gasteiger charge is -2.12. The first-order valence-corrected chi connectivity index (χ1v) is 11.6. The van der Waals surface area contributed by atoms with Crippen molar-refractivity contribution in [3.63, 3.8) is 0 Å². The van der Waals surface area contributed by atoms with E-state index in [0.717, 1.165) is 29.6 Å². The van der Waals surface area contributed by atoms with Gasteiger partial charge in [0.15, 0.2) is 22.5 Å². The fourth-order valence-corrected chi connectivity index (χ4v) is 4.19. The van der Waals surface area contributed by atoms with Crippen LogP contribution in [0, 0.1) is 0 Å². The number of thioether (sulfide) groups is 1. The summed E-state index contributed by atoms with van der Waals surface area (Å²) in [6.45, 7) is 0. The van der Waals surface area contributed by atoms with E-state index in [1.165, 1.54) is 19.2 Å². The standard InChI is InChI=1S/C25H21F3N4O3S/c1-34-20-12-11-16(13-21(20)35-2)23-30-31-24(32(23)19-9-4-3-5-10-19)36-15-22(33)29-18-8-6-7-17(14-18)25(26,27)28/h3-14H,15H2,1-2H3,(H,29,33). The Morgan fingerprint density at radius 3 is 2.39 bits per heavy atom. The normalized spacial score (nSPS) is 11.2. The number of amides is 1. The number of anilines is 1. The minimum Gasteiger partial charge on any atom is -0.493 e. The Morgan fingerprint density at radius 1 is 0.944 bits per heavy atom. The fraction of sp³-hybridized carbons (Fsp3) is 0.160. The Bertz CT molecular complexity index is 1360. The Labute approximate surface area is 209 Å². The van der Waals surface area contributed by atoms with E-state index in [4.69, 9.17) is 9.47 Å². The van der Waals surface area contributed by atoms with Gasteiger partial charge >= 0.3 is 6.18 Å². The lowest BCUT2D eigenvalue weighted by molar-refractivity contribution is -0.137. The van der Waals surface area contributed by atoms with Crippen LogP contribution < -0.4 is 14.8 Å². The Balaban J connectivity index is 1.59. The number of alkyl halides is 3. The van der Waals surface area contributed by atoms with Crippen LogP contribution in [0.2, 0.25) is 0 Å². The molecule has 1 N–H and O–H groups in total. The van der Waals surface area contributed by atoms with Gasteiger partial charge in [0.05, 0.1) is 25.5 Å². The molecular weight excluding hydrogens is 493 g/mol. The van der Waals surface area contributed by atoms with Crippen LogP contribution in [0.4, 0.5) is 18.9 Å². The average Bonchev–Trinajstić information content (AvgIpc) is 3.31. The zero-order valence-corrected chi connectivity index (χ0v) is 20.1. The molecule has 0 fully saturated rings. The summed E-state index contributed by atoms with van der Waals surface area (Å²) < 4.78 is 51.4. The summed E-state index contributed by atoms with van der Waals surface area (Å²) in [4.78, 5) is 12.5. The van der Waals surface area contributed by atoms with E-state index in [-0.39, 0.29) is 11.4 Å². The predicted molar refractivity (Wildman–Crippen MR) is 131 cm³/mol. The molecule has 4 rings (SSSR count). The third kappa shape index (κ3) is 5.62. The minimum atomic E-state index is -4.50. The molecular formula is C25H21F3N4O3S. The molecule has 1 aromatic heterocycles. The summed E-state index contributed by atoms with van der Waals surface area (Å²) in [7, 11) is 3.08. The summed E-state index contributed by atoms with van der Waals surface area (Å²) in [6, 6.07) is 19.2. The predicted octanol–water partition coefficient (Wildman–Crippen LogP) is 5.70. The number of aromatic nitrogens is 3. The van der Waals surface area contributed by atoms with Gasteiger partial charge in [-0.25, -0.2) is 0 Å². The van der Waals surface area contributed by atoms with Gasteiger partial charge in [-0.15, -0.1) is 10.2 Å². The first-order chi connectivity index (χ1) is 17.3. The molecule has 0 spiro atoms. The summed E-state index contributed by atoms with van der Waals surface area (Å²) >= 11 is 1.11. The molecule has 0 saturated carbocycles. The van der Waals surface area contributed by atoms with Crippen LogP contribution in [0.5, 0.6) is 11.5 Å². The first kappa shape index (κ1) is 25.1. The van der Waals surface area contributed by atoms with Gasteiger partial charge in [-0.3, -0.25) is 9.36 Å². The number of benzene rings is 3. The number of hydrogen-bond acceptors (Lipinski definition) is 6. The number of para-hydroxylation sites is 1. The molecule has 0 atom stereocenters. The number of carbonyl (C=O) groups excluding carboxylic acids is 1. The Kier molecular flexibility index (Phi) is 7.49. The van der Waals surface area contributed by atoms with Crippen molar-refractivity contribution in [1.82, 2.24) is 14.8 Å². The second-order valence-corrected chi connectivity index (χ2v) is 8.40. The number of ether oxygens (including phenoxy) is 2. The maximum Gasteiger partial charge on any atom is 0.416 e. The van der Waals surface area contributed by atoms with E-state index in [1.807, 2.05) is 36.4 Å². The number of nitrogens with zero attached hydrogens (tertiary/aromatic N) is 3. The van der Waals surface area contributed by atoms with Crippen LogP contribution >= 0.6 is 11.8 Å². The van der Waals surface area contributed by atoms with Crippen molar-refractivity contribution in [3.05, 3.63) is 78.4 Å². The lowest BCUT2D eigenvalue weighted by Crippen LogP contribution is -2.15. The molecule has 0 aliphatic heterocycles. The van der Waals surface area contributed by atoms with Crippen molar-refractivity contribution < 1.29 is 27.4 Å². The largest absolute Gasteiger partial charge is 0.493 e. The van der Waals surface area contributed by atoms with Crippen LogP contribution in [0.15, 0.2) is 78.0 Å². The molecule has 1 amide bonds. The van der Waals surface area contributed by atoms with Crippen LogP contribution in [0.3, 0.4) is 0 Å². The van der Waals surface area contributed by atoms with E-state index in [0.29, 0.717) is 28.0 Å². The van der Waals surface area contributed by atoms with Crippen molar-refractivity contribution >= 4 is 23.4 Å². The average molecular weight is 515 g/mol. The summed E-state index contributed by atoms with van der Waals surface area (Å²) in [6.07, 6.45) is -4.50. The molecule has 0 saturated heterocycles. The fourth-order valence-electron chi connectivity index (χ4n) is 3.44. The van der Waals surface area contributed by atoms with Gasteiger partial charge in [-0.2, -0.15) is 13.2 Å².